The number of halogens is 1. The molecular formula is C23H29BrN2O5S. The summed E-state index contributed by atoms with van der Waals surface area (Å²) in [6.45, 7) is 2.58. The van der Waals surface area contributed by atoms with Gasteiger partial charge in [0.2, 0.25) is 15.9 Å². The Morgan fingerprint density at radius 2 is 1.78 bits per heavy atom. The number of sulfonamides is 1. The van der Waals surface area contributed by atoms with Crippen molar-refractivity contribution in [2.45, 2.75) is 31.6 Å². The van der Waals surface area contributed by atoms with Crippen LogP contribution in [0.15, 0.2) is 46.9 Å². The highest BCUT2D eigenvalue weighted by Gasteiger charge is 2.32. The van der Waals surface area contributed by atoms with Gasteiger partial charge < -0.3 is 14.8 Å². The molecule has 1 aliphatic rings. The van der Waals surface area contributed by atoms with Gasteiger partial charge in [-0.15, -0.1) is 0 Å². The minimum Gasteiger partial charge on any atom is -0.497 e. The third-order valence-electron chi connectivity index (χ3n) is 5.74. The summed E-state index contributed by atoms with van der Waals surface area (Å²) in [6.07, 6.45) is 0.987. The Labute approximate surface area is 198 Å². The Bertz CT molecular complexity index is 1030. The lowest BCUT2D eigenvalue weighted by molar-refractivity contribution is -0.126. The largest absolute Gasteiger partial charge is 0.497 e. The van der Waals surface area contributed by atoms with Gasteiger partial charge in [0.05, 0.1) is 26.0 Å². The predicted molar refractivity (Wildman–Crippen MR) is 127 cm³/mol. The van der Waals surface area contributed by atoms with Gasteiger partial charge in [0.1, 0.15) is 11.5 Å². The number of methoxy groups -OCH3 is 2. The Hall–Kier alpha value is -2.10. The molecule has 1 atom stereocenters. The number of nitrogens with one attached hydrogen (secondary N) is 1. The zero-order chi connectivity index (χ0) is 23.3. The molecule has 2 aromatic rings. The molecule has 174 valence electrons. The summed E-state index contributed by atoms with van der Waals surface area (Å²) in [4.78, 5) is 12.9. The molecule has 1 saturated heterocycles. The summed E-state index contributed by atoms with van der Waals surface area (Å²) in [5, 5.41) is 3.04. The molecule has 0 radical (unpaired) electrons. The number of amides is 1. The molecule has 1 aliphatic heterocycles. The third-order valence-corrected chi connectivity index (χ3v) is 8.12. The summed E-state index contributed by atoms with van der Waals surface area (Å²) >= 11 is 3.36. The molecule has 1 fully saturated rings. The quantitative estimate of drug-likeness (QED) is 0.566. The first-order valence-corrected chi connectivity index (χ1v) is 12.9. The van der Waals surface area contributed by atoms with Crippen molar-refractivity contribution < 1.29 is 22.7 Å². The fraction of sp³-hybridized carbons (Fsp3) is 0.435. The van der Waals surface area contributed by atoms with E-state index in [1.165, 1.54) is 4.31 Å². The molecular weight excluding hydrogens is 496 g/mol. The van der Waals surface area contributed by atoms with E-state index < -0.39 is 10.0 Å². The normalized spacial score (nSPS) is 16.4. The molecule has 0 bridgehead atoms. The van der Waals surface area contributed by atoms with Crippen LogP contribution in [0.25, 0.3) is 0 Å². The number of carbonyl (C=O) groups is 1. The molecule has 7 nitrogen and oxygen atoms in total. The van der Waals surface area contributed by atoms with Gasteiger partial charge in [-0.2, -0.15) is 0 Å². The van der Waals surface area contributed by atoms with Crippen LogP contribution < -0.4 is 14.8 Å². The fourth-order valence-electron chi connectivity index (χ4n) is 3.87. The van der Waals surface area contributed by atoms with Crippen LogP contribution in [0.3, 0.4) is 0 Å². The topological polar surface area (TPSA) is 84.9 Å². The smallest absolute Gasteiger partial charge is 0.223 e. The Kier molecular flexibility index (Phi) is 8.19. The number of piperidine rings is 1. The first-order valence-electron chi connectivity index (χ1n) is 10.5. The van der Waals surface area contributed by atoms with Crippen molar-refractivity contribution in [3.8, 4) is 11.5 Å². The van der Waals surface area contributed by atoms with E-state index in [0.717, 1.165) is 15.6 Å². The first kappa shape index (κ1) is 24.5. The summed E-state index contributed by atoms with van der Waals surface area (Å²) in [6, 6.07) is 12.5. The van der Waals surface area contributed by atoms with Crippen molar-refractivity contribution in [3.05, 3.63) is 58.1 Å². The van der Waals surface area contributed by atoms with Gasteiger partial charge in [-0.3, -0.25) is 4.79 Å². The number of ether oxygens (including phenoxy) is 2. The van der Waals surface area contributed by atoms with Crippen molar-refractivity contribution in [1.82, 2.24) is 9.62 Å². The molecule has 1 heterocycles. The van der Waals surface area contributed by atoms with Crippen LogP contribution in [0.1, 0.15) is 36.9 Å². The molecule has 3 rings (SSSR count). The van der Waals surface area contributed by atoms with Gasteiger partial charge in [-0.25, -0.2) is 12.7 Å². The van der Waals surface area contributed by atoms with Crippen LogP contribution in [0.4, 0.5) is 0 Å². The lowest BCUT2D eigenvalue weighted by atomic mass is 9.96. The van der Waals surface area contributed by atoms with Crippen LogP contribution in [0, 0.1) is 5.92 Å². The standard InChI is InChI=1S/C23H29BrN2O5S/c1-16(21-14-20(30-2)8-9-22(21)31-3)25-23(27)18-10-12-26(13-11-18)32(28,29)15-17-4-6-19(24)7-5-17/h4-9,14,16,18H,10-13,15H2,1-3H3,(H,25,27)/t16-/m1/s1. The number of hydrogen-bond donors (Lipinski definition) is 1. The van der Waals surface area contributed by atoms with Crippen molar-refractivity contribution in [1.29, 1.82) is 0 Å². The summed E-state index contributed by atoms with van der Waals surface area (Å²) in [7, 11) is -0.247. The van der Waals surface area contributed by atoms with Crippen molar-refractivity contribution in [2.75, 3.05) is 27.3 Å². The second kappa shape index (κ2) is 10.7. The SMILES string of the molecule is COc1ccc(OC)c([C@@H](C)NC(=O)C2CCN(S(=O)(=O)Cc3ccc(Br)cc3)CC2)c1. The monoisotopic (exact) mass is 524 g/mol. The first-order chi connectivity index (χ1) is 15.2. The minimum absolute atomic E-state index is 0.0379. The molecule has 1 amide bonds. The molecule has 0 aliphatic carbocycles. The molecule has 0 unspecified atom stereocenters. The lowest BCUT2D eigenvalue weighted by Crippen LogP contribution is -2.43. The minimum atomic E-state index is -3.43. The second-order valence-electron chi connectivity index (χ2n) is 7.89. The molecule has 1 N–H and O–H groups in total. The molecule has 0 spiro atoms. The van der Waals surface area contributed by atoms with Crippen LogP contribution in [-0.2, 0) is 20.6 Å². The Morgan fingerprint density at radius 3 is 2.38 bits per heavy atom. The number of benzene rings is 2. The van der Waals surface area contributed by atoms with Crippen LogP contribution in [-0.4, -0.2) is 45.9 Å². The van der Waals surface area contributed by atoms with Gasteiger partial charge in [-0.1, -0.05) is 28.1 Å². The van der Waals surface area contributed by atoms with Crippen molar-refractivity contribution in [2.24, 2.45) is 5.92 Å². The van der Waals surface area contributed by atoms with E-state index in [4.69, 9.17) is 9.47 Å². The van der Waals surface area contributed by atoms with Crippen molar-refractivity contribution >= 4 is 31.9 Å². The Balaban J connectivity index is 1.58. The van der Waals surface area contributed by atoms with E-state index in [1.54, 1.807) is 32.4 Å². The number of carbonyl (C=O) groups excluding carboxylic acids is 1. The van der Waals surface area contributed by atoms with E-state index >= 15 is 0 Å². The predicted octanol–water partition coefficient (Wildman–Crippen LogP) is 3.89. The highest BCUT2D eigenvalue weighted by atomic mass is 79.9. The average molecular weight is 525 g/mol. The Morgan fingerprint density at radius 1 is 1.12 bits per heavy atom. The number of nitrogens with zero attached hydrogens (tertiary/aromatic N) is 1. The summed E-state index contributed by atoms with van der Waals surface area (Å²) in [5.74, 6) is 1.02. The van der Waals surface area contributed by atoms with E-state index in [2.05, 4.69) is 21.2 Å². The van der Waals surface area contributed by atoms with E-state index in [-0.39, 0.29) is 23.6 Å². The molecule has 2 aromatic carbocycles. The van der Waals surface area contributed by atoms with Crippen LogP contribution in [0.2, 0.25) is 0 Å². The van der Waals surface area contributed by atoms with Crippen molar-refractivity contribution in [3.63, 3.8) is 0 Å². The molecule has 0 saturated carbocycles. The van der Waals surface area contributed by atoms with E-state index in [9.17, 15) is 13.2 Å². The second-order valence-corrected chi connectivity index (χ2v) is 10.8. The summed E-state index contributed by atoms with van der Waals surface area (Å²) < 4.78 is 38.7. The lowest BCUT2D eigenvalue weighted by Gasteiger charge is -2.31. The van der Waals surface area contributed by atoms with E-state index in [0.29, 0.717) is 37.4 Å². The zero-order valence-corrected chi connectivity index (χ0v) is 20.9. The van der Waals surface area contributed by atoms with Gasteiger partial charge in [0.15, 0.2) is 0 Å². The zero-order valence-electron chi connectivity index (χ0n) is 18.5. The highest BCUT2D eigenvalue weighted by Crippen LogP contribution is 2.30. The molecule has 9 heteroatoms. The van der Waals surface area contributed by atoms with Gasteiger partial charge in [-0.05, 0) is 55.7 Å². The summed E-state index contributed by atoms with van der Waals surface area (Å²) in [5.41, 5.74) is 1.57. The van der Waals surface area contributed by atoms with Gasteiger partial charge >= 0.3 is 0 Å². The van der Waals surface area contributed by atoms with Crippen LogP contribution >= 0.6 is 15.9 Å². The van der Waals surface area contributed by atoms with Crippen LogP contribution in [0.5, 0.6) is 11.5 Å². The molecule has 32 heavy (non-hydrogen) atoms. The average Bonchev–Trinajstić information content (AvgIpc) is 2.80. The third kappa shape index (κ3) is 6.02. The maximum atomic E-state index is 12.9. The van der Waals surface area contributed by atoms with Gasteiger partial charge in [0.25, 0.3) is 0 Å². The number of hydrogen-bond acceptors (Lipinski definition) is 5. The number of rotatable bonds is 8. The maximum absolute atomic E-state index is 12.9. The molecule has 0 aromatic heterocycles. The van der Waals surface area contributed by atoms with E-state index in [1.807, 2.05) is 31.2 Å². The fourth-order valence-corrected chi connectivity index (χ4v) is 5.69. The maximum Gasteiger partial charge on any atom is 0.223 e. The van der Waals surface area contributed by atoms with Gasteiger partial charge in [0, 0.05) is 29.0 Å². The highest BCUT2D eigenvalue weighted by molar-refractivity contribution is 9.10.